The van der Waals surface area contributed by atoms with Gasteiger partial charge in [-0.05, 0) is 25.5 Å². The quantitative estimate of drug-likeness (QED) is 0.696. The van der Waals surface area contributed by atoms with Crippen molar-refractivity contribution in [3.63, 3.8) is 0 Å². The van der Waals surface area contributed by atoms with Crippen LogP contribution in [0.3, 0.4) is 0 Å². The topological polar surface area (TPSA) is 78.8 Å². The summed E-state index contributed by atoms with van der Waals surface area (Å²) in [5, 5.41) is 22.5. The molecule has 100 valence electrons. The van der Waals surface area contributed by atoms with Gasteiger partial charge in [-0.25, -0.2) is 0 Å². The van der Waals surface area contributed by atoms with Gasteiger partial charge in [0.15, 0.2) is 0 Å². The maximum atomic E-state index is 11.5. The minimum absolute atomic E-state index is 0.00489. The predicted octanol–water partition coefficient (Wildman–Crippen LogP) is 1.70. The maximum absolute atomic E-state index is 11.5. The van der Waals surface area contributed by atoms with Crippen molar-refractivity contribution >= 4 is 5.97 Å². The summed E-state index contributed by atoms with van der Waals surface area (Å²) < 4.78 is 4.67. The van der Waals surface area contributed by atoms with Gasteiger partial charge >= 0.3 is 5.97 Å². The third kappa shape index (κ3) is 3.13. The zero-order valence-corrected chi connectivity index (χ0v) is 10.8. The Morgan fingerprint density at radius 3 is 2.39 bits per heavy atom. The molecular weight excluding hydrogens is 234 g/mol. The number of hydrogen-bond acceptors (Lipinski definition) is 5. The molecule has 1 rings (SSSR count). The van der Waals surface area contributed by atoms with Crippen LogP contribution in [0.25, 0.3) is 0 Å². The molecule has 18 heavy (non-hydrogen) atoms. The van der Waals surface area contributed by atoms with Crippen LogP contribution in [-0.4, -0.2) is 29.3 Å². The summed E-state index contributed by atoms with van der Waals surface area (Å²) in [6.07, 6.45) is 0.561. The first-order valence-corrected chi connectivity index (χ1v) is 5.86. The van der Waals surface area contributed by atoms with Crippen molar-refractivity contribution < 1.29 is 19.7 Å². The Bertz CT molecular complexity index is 399. The van der Waals surface area contributed by atoms with Crippen LogP contribution in [0.15, 0.2) is 18.2 Å². The van der Waals surface area contributed by atoms with Crippen molar-refractivity contribution in [3.8, 4) is 11.5 Å². The predicted molar refractivity (Wildman–Crippen MR) is 67.4 cm³/mol. The van der Waals surface area contributed by atoms with Crippen molar-refractivity contribution in [2.45, 2.75) is 32.4 Å². The van der Waals surface area contributed by atoms with Gasteiger partial charge in [0.05, 0.1) is 12.7 Å². The first-order valence-electron chi connectivity index (χ1n) is 5.86. The number of rotatable bonds is 5. The van der Waals surface area contributed by atoms with Gasteiger partial charge in [0, 0.05) is 6.04 Å². The van der Waals surface area contributed by atoms with E-state index in [1.165, 1.54) is 19.2 Å². The SMILES string of the molecule is CCC(NC(C)c1c(O)cccc1O)C(=O)OC. The molecule has 1 aromatic rings. The van der Waals surface area contributed by atoms with Gasteiger partial charge in [0.2, 0.25) is 0 Å². The summed E-state index contributed by atoms with van der Waals surface area (Å²) in [4.78, 5) is 11.5. The van der Waals surface area contributed by atoms with Crippen molar-refractivity contribution in [3.05, 3.63) is 23.8 Å². The number of carbonyl (C=O) groups is 1. The monoisotopic (exact) mass is 253 g/mol. The molecule has 1 aromatic carbocycles. The zero-order valence-electron chi connectivity index (χ0n) is 10.8. The molecule has 0 saturated carbocycles. The molecule has 0 heterocycles. The Kier molecular flexibility index (Phi) is 4.97. The number of benzene rings is 1. The molecule has 0 aliphatic heterocycles. The lowest BCUT2D eigenvalue weighted by atomic mass is 10.0. The Morgan fingerprint density at radius 1 is 1.39 bits per heavy atom. The van der Waals surface area contributed by atoms with Crippen LogP contribution in [0.1, 0.15) is 31.9 Å². The van der Waals surface area contributed by atoms with Crippen molar-refractivity contribution in [1.29, 1.82) is 0 Å². The highest BCUT2D eigenvalue weighted by molar-refractivity contribution is 5.75. The van der Waals surface area contributed by atoms with Crippen LogP contribution in [0.5, 0.6) is 11.5 Å². The maximum Gasteiger partial charge on any atom is 0.322 e. The van der Waals surface area contributed by atoms with Crippen LogP contribution in [0.4, 0.5) is 0 Å². The molecule has 0 aliphatic rings. The molecule has 5 nitrogen and oxygen atoms in total. The molecule has 0 fully saturated rings. The minimum Gasteiger partial charge on any atom is -0.507 e. The number of nitrogens with one attached hydrogen (secondary N) is 1. The first-order chi connectivity index (χ1) is 8.51. The Hall–Kier alpha value is -1.75. The van der Waals surface area contributed by atoms with Gasteiger partial charge in [-0.2, -0.15) is 0 Å². The van der Waals surface area contributed by atoms with E-state index in [1.807, 2.05) is 6.92 Å². The summed E-state index contributed by atoms with van der Waals surface area (Å²) in [7, 11) is 1.33. The van der Waals surface area contributed by atoms with Gasteiger partial charge in [-0.1, -0.05) is 13.0 Å². The molecule has 0 aromatic heterocycles. The van der Waals surface area contributed by atoms with Crippen LogP contribution >= 0.6 is 0 Å². The van der Waals surface area contributed by atoms with E-state index in [9.17, 15) is 15.0 Å². The molecule has 5 heteroatoms. The normalized spacial score (nSPS) is 13.9. The fourth-order valence-electron chi connectivity index (χ4n) is 1.86. The Morgan fingerprint density at radius 2 is 1.94 bits per heavy atom. The summed E-state index contributed by atoms with van der Waals surface area (Å²) in [5.41, 5.74) is 0.375. The van der Waals surface area contributed by atoms with Gasteiger partial charge in [0.1, 0.15) is 17.5 Å². The van der Waals surface area contributed by atoms with E-state index in [0.717, 1.165) is 0 Å². The van der Waals surface area contributed by atoms with E-state index in [0.29, 0.717) is 12.0 Å². The van der Waals surface area contributed by atoms with E-state index in [2.05, 4.69) is 10.1 Å². The average Bonchev–Trinajstić information content (AvgIpc) is 2.34. The number of phenols is 2. The average molecular weight is 253 g/mol. The van der Waals surface area contributed by atoms with Gasteiger partial charge in [0.25, 0.3) is 0 Å². The molecule has 0 radical (unpaired) electrons. The van der Waals surface area contributed by atoms with E-state index in [-0.39, 0.29) is 23.5 Å². The number of ether oxygens (including phenoxy) is 1. The first kappa shape index (κ1) is 14.3. The van der Waals surface area contributed by atoms with Gasteiger partial charge in [-0.3, -0.25) is 10.1 Å². The van der Waals surface area contributed by atoms with E-state index in [1.54, 1.807) is 13.0 Å². The molecular formula is C13H19NO4. The highest BCUT2D eigenvalue weighted by Gasteiger charge is 2.22. The fourth-order valence-corrected chi connectivity index (χ4v) is 1.86. The number of hydrogen-bond donors (Lipinski definition) is 3. The zero-order chi connectivity index (χ0) is 13.7. The molecule has 2 atom stereocenters. The molecule has 0 saturated heterocycles. The number of aromatic hydroxyl groups is 2. The lowest BCUT2D eigenvalue weighted by molar-refractivity contribution is -0.143. The number of carbonyl (C=O) groups excluding carboxylic acids is 1. The van der Waals surface area contributed by atoms with Gasteiger partial charge in [-0.15, -0.1) is 0 Å². The largest absolute Gasteiger partial charge is 0.507 e. The van der Waals surface area contributed by atoms with E-state index in [4.69, 9.17) is 0 Å². The summed E-state index contributed by atoms with van der Waals surface area (Å²) in [5.74, 6) is -0.372. The second-order valence-electron chi connectivity index (χ2n) is 4.08. The second-order valence-corrected chi connectivity index (χ2v) is 4.08. The lowest BCUT2D eigenvalue weighted by Crippen LogP contribution is -2.38. The van der Waals surface area contributed by atoms with E-state index >= 15 is 0 Å². The molecule has 2 unspecified atom stereocenters. The molecule has 0 bridgehead atoms. The summed E-state index contributed by atoms with van der Waals surface area (Å²) in [6, 6.07) is 3.70. The smallest absolute Gasteiger partial charge is 0.322 e. The lowest BCUT2D eigenvalue weighted by Gasteiger charge is -2.21. The number of methoxy groups -OCH3 is 1. The molecule has 0 spiro atoms. The van der Waals surface area contributed by atoms with Crippen molar-refractivity contribution in [2.24, 2.45) is 0 Å². The van der Waals surface area contributed by atoms with Crippen molar-refractivity contribution in [1.82, 2.24) is 5.32 Å². The highest BCUT2D eigenvalue weighted by atomic mass is 16.5. The van der Waals surface area contributed by atoms with Crippen LogP contribution in [0.2, 0.25) is 0 Å². The fraction of sp³-hybridized carbons (Fsp3) is 0.462. The third-order valence-corrected chi connectivity index (χ3v) is 2.84. The standard InChI is InChI=1S/C13H19NO4/c1-4-9(13(17)18-3)14-8(2)12-10(15)6-5-7-11(12)16/h5-9,14-16H,4H2,1-3H3. The Balaban J connectivity index is 2.87. The molecule has 0 aliphatic carbocycles. The number of esters is 1. The molecule has 0 amide bonds. The summed E-state index contributed by atoms with van der Waals surface area (Å²) >= 11 is 0. The van der Waals surface area contributed by atoms with Crippen LogP contribution in [-0.2, 0) is 9.53 Å². The van der Waals surface area contributed by atoms with Crippen molar-refractivity contribution in [2.75, 3.05) is 7.11 Å². The van der Waals surface area contributed by atoms with Crippen LogP contribution < -0.4 is 5.32 Å². The Labute approximate surface area is 106 Å². The molecule has 3 N–H and O–H groups in total. The summed E-state index contributed by atoms with van der Waals surface area (Å²) in [6.45, 7) is 3.62. The van der Waals surface area contributed by atoms with E-state index < -0.39 is 6.04 Å². The highest BCUT2D eigenvalue weighted by Crippen LogP contribution is 2.32. The third-order valence-electron chi connectivity index (χ3n) is 2.84. The van der Waals surface area contributed by atoms with Crippen LogP contribution in [0, 0.1) is 0 Å². The second kappa shape index (κ2) is 6.26. The van der Waals surface area contributed by atoms with Gasteiger partial charge < -0.3 is 14.9 Å². The minimum atomic E-state index is -0.469. The number of phenolic OH excluding ortho intramolecular Hbond substituents is 2.